The molecule has 1 saturated carbocycles. The summed E-state index contributed by atoms with van der Waals surface area (Å²) in [5.74, 6) is 0.468. The Morgan fingerprint density at radius 3 is 2.52 bits per heavy atom. The lowest BCUT2D eigenvalue weighted by Crippen LogP contribution is -2.40. The number of urea groups is 1. The Kier molecular flexibility index (Phi) is 4.70. The number of benzene rings is 2. The van der Waals surface area contributed by atoms with Gasteiger partial charge in [0.2, 0.25) is 0 Å². The van der Waals surface area contributed by atoms with E-state index in [0.29, 0.717) is 12.0 Å². The smallest absolute Gasteiger partial charge is 0.322 e. The molecule has 4 nitrogen and oxygen atoms in total. The van der Waals surface area contributed by atoms with Gasteiger partial charge in [-0.05, 0) is 30.9 Å². The number of rotatable bonds is 5. The Bertz CT molecular complexity index is 722. The topological polar surface area (TPSA) is 41.6 Å². The molecular weight excluding hydrogens is 312 g/mol. The van der Waals surface area contributed by atoms with Crippen molar-refractivity contribution < 1.29 is 9.53 Å². The zero-order valence-electron chi connectivity index (χ0n) is 14.4. The zero-order valence-corrected chi connectivity index (χ0v) is 14.4. The van der Waals surface area contributed by atoms with Crippen molar-refractivity contribution in [1.29, 1.82) is 0 Å². The normalized spacial score (nSPS) is 19.6. The third kappa shape index (κ3) is 3.85. The molecule has 1 saturated heterocycles. The van der Waals surface area contributed by atoms with Crippen LogP contribution in [-0.2, 0) is 4.74 Å². The summed E-state index contributed by atoms with van der Waals surface area (Å²) in [6.45, 7) is 2.39. The fraction of sp³-hybridized carbons (Fsp3) is 0.381. The molecule has 4 rings (SSSR count). The van der Waals surface area contributed by atoms with Crippen molar-refractivity contribution >= 4 is 11.7 Å². The first-order valence-electron chi connectivity index (χ1n) is 9.11. The average Bonchev–Trinajstić information content (AvgIpc) is 3.36. The molecule has 1 atom stereocenters. The van der Waals surface area contributed by atoms with Crippen molar-refractivity contribution in [2.24, 2.45) is 5.92 Å². The molecule has 130 valence electrons. The molecule has 25 heavy (non-hydrogen) atoms. The van der Waals surface area contributed by atoms with Crippen LogP contribution in [0.2, 0.25) is 0 Å². The van der Waals surface area contributed by atoms with Crippen LogP contribution < -0.4 is 5.32 Å². The molecule has 2 fully saturated rings. The van der Waals surface area contributed by atoms with Crippen molar-refractivity contribution in [2.75, 3.05) is 25.1 Å². The van der Waals surface area contributed by atoms with Gasteiger partial charge in [0.05, 0.1) is 12.3 Å². The highest BCUT2D eigenvalue weighted by atomic mass is 16.5. The molecule has 2 amide bonds. The maximum Gasteiger partial charge on any atom is 0.322 e. The first kappa shape index (κ1) is 16.2. The summed E-state index contributed by atoms with van der Waals surface area (Å²) in [5.41, 5.74) is 3.03. The van der Waals surface area contributed by atoms with Crippen LogP contribution in [0.4, 0.5) is 10.5 Å². The minimum atomic E-state index is 0.0118. The predicted octanol–water partition coefficient (Wildman–Crippen LogP) is 4.39. The summed E-state index contributed by atoms with van der Waals surface area (Å²) in [7, 11) is 0. The standard InChI is InChI=1S/C21H24N2O2/c24-21(23(18-10-11-18)14-16-12-13-25-15-16)22-20-9-5-4-8-19(20)17-6-2-1-3-7-17/h1-9,16,18H,10-15H2,(H,22,24)/t16-/m0/s1. The number of ether oxygens (including phenoxy) is 1. The molecule has 0 unspecified atom stereocenters. The van der Waals surface area contributed by atoms with Crippen molar-refractivity contribution in [3.8, 4) is 11.1 Å². The average molecular weight is 336 g/mol. The number of anilines is 1. The van der Waals surface area contributed by atoms with Crippen molar-refractivity contribution in [3.05, 3.63) is 54.6 Å². The van der Waals surface area contributed by atoms with Gasteiger partial charge in [0.25, 0.3) is 0 Å². The molecule has 1 aliphatic heterocycles. The van der Waals surface area contributed by atoms with E-state index < -0.39 is 0 Å². The van der Waals surface area contributed by atoms with Gasteiger partial charge in [-0.15, -0.1) is 0 Å². The fourth-order valence-electron chi connectivity index (χ4n) is 3.44. The van der Waals surface area contributed by atoms with Gasteiger partial charge in [0.1, 0.15) is 0 Å². The van der Waals surface area contributed by atoms with Crippen LogP contribution in [0.5, 0.6) is 0 Å². The Morgan fingerprint density at radius 2 is 1.80 bits per heavy atom. The molecule has 2 aliphatic rings. The molecule has 2 aromatic rings. The van der Waals surface area contributed by atoms with Gasteiger partial charge >= 0.3 is 6.03 Å². The number of hydrogen-bond donors (Lipinski definition) is 1. The summed E-state index contributed by atoms with van der Waals surface area (Å²) in [4.78, 5) is 15.0. The zero-order chi connectivity index (χ0) is 17.1. The molecule has 1 N–H and O–H groups in total. The van der Waals surface area contributed by atoms with Crippen LogP contribution in [0, 0.1) is 5.92 Å². The van der Waals surface area contributed by atoms with E-state index in [2.05, 4.69) is 23.5 Å². The molecular formula is C21H24N2O2. The summed E-state index contributed by atoms with van der Waals surface area (Å²) < 4.78 is 5.47. The van der Waals surface area contributed by atoms with Crippen molar-refractivity contribution in [1.82, 2.24) is 4.90 Å². The molecule has 0 bridgehead atoms. The minimum absolute atomic E-state index is 0.0118. The van der Waals surface area contributed by atoms with E-state index >= 15 is 0 Å². The van der Waals surface area contributed by atoms with Crippen LogP contribution in [0.15, 0.2) is 54.6 Å². The van der Waals surface area contributed by atoms with Crippen molar-refractivity contribution in [2.45, 2.75) is 25.3 Å². The van der Waals surface area contributed by atoms with Gasteiger partial charge in [0.15, 0.2) is 0 Å². The molecule has 1 heterocycles. The van der Waals surface area contributed by atoms with Crippen LogP contribution >= 0.6 is 0 Å². The summed E-state index contributed by atoms with van der Waals surface area (Å²) in [5, 5.41) is 3.15. The van der Waals surface area contributed by atoms with E-state index in [1.807, 2.05) is 41.3 Å². The molecule has 4 heteroatoms. The molecule has 0 spiro atoms. The van der Waals surface area contributed by atoms with E-state index in [0.717, 1.165) is 55.8 Å². The Labute approximate surface area is 148 Å². The first-order valence-corrected chi connectivity index (χ1v) is 9.11. The lowest BCUT2D eigenvalue weighted by atomic mass is 10.0. The number of carbonyl (C=O) groups excluding carboxylic acids is 1. The molecule has 2 aromatic carbocycles. The van der Waals surface area contributed by atoms with Gasteiger partial charge in [-0.3, -0.25) is 0 Å². The van der Waals surface area contributed by atoms with E-state index in [1.165, 1.54) is 0 Å². The SMILES string of the molecule is O=C(Nc1ccccc1-c1ccccc1)N(C[C@@H]1CCOC1)C1CC1. The highest BCUT2D eigenvalue weighted by Gasteiger charge is 2.35. The maximum atomic E-state index is 12.9. The first-order chi connectivity index (χ1) is 12.3. The summed E-state index contributed by atoms with van der Waals surface area (Å²) >= 11 is 0. The fourth-order valence-corrected chi connectivity index (χ4v) is 3.44. The van der Waals surface area contributed by atoms with E-state index in [1.54, 1.807) is 0 Å². The summed E-state index contributed by atoms with van der Waals surface area (Å²) in [6, 6.07) is 18.6. The lowest BCUT2D eigenvalue weighted by molar-refractivity contribution is 0.167. The molecule has 0 aromatic heterocycles. The maximum absolute atomic E-state index is 12.9. The second-order valence-electron chi connectivity index (χ2n) is 6.95. The van der Waals surface area contributed by atoms with E-state index in [4.69, 9.17) is 4.74 Å². The Hall–Kier alpha value is -2.33. The van der Waals surface area contributed by atoms with Gasteiger partial charge in [-0.25, -0.2) is 4.79 Å². The Morgan fingerprint density at radius 1 is 1.04 bits per heavy atom. The highest BCUT2D eigenvalue weighted by Crippen LogP contribution is 2.31. The summed E-state index contributed by atoms with van der Waals surface area (Å²) in [6.07, 6.45) is 3.28. The Balaban J connectivity index is 1.51. The second kappa shape index (κ2) is 7.28. The lowest BCUT2D eigenvalue weighted by Gasteiger charge is -2.26. The van der Waals surface area contributed by atoms with Crippen LogP contribution in [-0.4, -0.2) is 36.7 Å². The number of carbonyl (C=O) groups is 1. The van der Waals surface area contributed by atoms with Gasteiger partial charge < -0.3 is 15.0 Å². The third-order valence-corrected chi connectivity index (χ3v) is 4.98. The van der Waals surface area contributed by atoms with Crippen LogP contribution in [0.25, 0.3) is 11.1 Å². The number of para-hydroxylation sites is 1. The quantitative estimate of drug-likeness (QED) is 0.880. The third-order valence-electron chi connectivity index (χ3n) is 4.98. The molecule has 1 aliphatic carbocycles. The van der Waals surface area contributed by atoms with E-state index in [-0.39, 0.29) is 6.03 Å². The van der Waals surface area contributed by atoms with Crippen molar-refractivity contribution in [3.63, 3.8) is 0 Å². The van der Waals surface area contributed by atoms with Gasteiger partial charge in [-0.1, -0.05) is 48.5 Å². The largest absolute Gasteiger partial charge is 0.381 e. The monoisotopic (exact) mass is 336 g/mol. The van der Waals surface area contributed by atoms with Gasteiger partial charge in [-0.2, -0.15) is 0 Å². The predicted molar refractivity (Wildman–Crippen MR) is 99.6 cm³/mol. The second-order valence-corrected chi connectivity index (χ2v) is 6.95. The van der Waals surface area contributed by atoms with E-state index in [9.17, 15) is 4.79 Å². The van der Waals surface area contributed by atoms with Crippen LogP contribution in [0.1, 0.15) is 19.3 Å². The van der Waals surface area contributed by atoms with Crippen LogP contribution in [0.3, 0.4) is 0 Å². The van der Waals surface area contributed by atoms with Gasteiger partial charge in [0, 0.05) is 30.7 Å². The number of amides is 2. The molecule has 0 radical (unpaired) electrons. The highest BCUT2D eigenvalue weighted by molar-refractivity contribution is 5.94. The number of nitrogens with one attached hydrogen (secondary N) is 1. The number of hydrogen-bond acceptors (Lipinski definition) is 2. The minimum Gasteiger partial charge on any atom is -0.381 e. The number of nitrogens with zero attached hydrogens (tertiary/aromatic N) is 1.